The van der Waals surface area contributed by atoms with Gasteiger partial charge in [-0.3, -0.25) is 4.79 Å². The minimum absolute atomic E-state index is 0.201. The topological polar surface area (TPSA) is 40.5 Å². The third kappa shape index (κ3) is 2.57. The largest absolute Gasteiger partial charge is 0.396 e. The number of piperidine rings is 1. The first-order valence-electron chi connectivity index (χ1n) is 6.65. The van der Waals surface area contributed by atoms with Gasteiger partial charge in [0.15, 0.2) is 0 Å². The fraction of sp³-hybridized carbons (Fsp3) is 0.923. The maximum Gasteiger partial charge on any atom is 0.225 e. The summed E-state index contributed by atoms with van der Waals surface area (Å²) < 4.78 is 0. The zero-order chi connectivity index (χ0) is 11.5. The summed E-state index contributed by atoms with van der Waals surface area (Å²) in [6, 6.07) is 0.299. The van der Waals surface area contributed by atoms with Crippen molar-refractivity contribution in [2.24, 2.45) is 11.8 Å². The van der Waals surface area contributed by atoms with Crippen molar-refractivity contribution in [1.82, 2.24) is 4.90 Å². The van der Waals surface area contributed by atoms with Crippen LogP contribution in [-0.2, 0) is 4.79 Å². The molecule has 2 aliphatic rings. The van der Waals surface area contributed by atoms with Crippen LogP contribution in [0.3, 0.4) is 0 Å². The van der Waals surface area contributed by atoms with E-state index in [0.29, 0.717) is 17.9 Å². The molecule has 3 nitrogen and oxygen atoms in total. The summed E-state index contributed by atoms with van der Waals surface area (Å²) in [6.45, 7) is 3.18. The fourth-order valence-electron chi connectivity index (χ4n) is 2.80. The van der Waals surface area contributed by atoms with Crippen LogP contribution in [0.1, 0.15) is 45.4 Å². The van der Waals surface area contributed by atoms with E-state index in [0.717, 1.165) is 25.8 Å². The van der Waals surface area contributed by atoms with Crippen LogP contribution < -0.4 is 0 Å². The molecule has 0 spiro atoms. The number of aliphatic hydroxyl groups excluding tert-OH is 1. The fourth-order valence-corrected chi connectivity index (χ4v) is 2.80. The number of rotatable bonds is 4. The Bertz CT molecular complexity index is 248. The van der Waals surface area contributed by atoms with Crippen molar-refractivity contribution in [3.8, 4) is 0 Å². The van der Waals surface area contributed by atoms with Gasteiger partial charge in [-0.05, 0) is 44.4 Å². The highest BCUT2D eigenvalue weighted by atomic mass is 16.3. The number of carbonyl (C=O) groups is 1. The molecule has 1 aliphatic carbocycles. The average Bonchev–Trinajstić information content (AvgIpc) is 3.12. The van der Waals surface area contributed by atoms with Crippen molar-refractivity contribution in [2.75, 3.05) is 13.2 Å². The molecule has 0 bridgehead atoms. The van der Waals surface area contributed by atoms with Gasteiger partial charge in [-0.15, -0.1) is 0 Å². The van der Waals surface area contributed by atoms with Crippen molar-refractivity contribution >= 4 is 5.91 Å². The maximum atomic E-state index is 12.3. The molecule has 3 heteroatoms. The van der Waals surface area contributed by atoms with Gasteiger partial charge in [-0.25, -0.2) is 0 Å². The molecular formula is C13H23NO2. The minimum atomic E-state index is 0.201. The van der Waals surface area contributed by atoms with E-state index in [1.807, 2.05) is 4.90 Å². The van der Waals surface area contributed by atoms with Crippen molar-refractivity contribution in [1.29, 1.82) is 0 Å². The van der Waals surface area contributed by atoms with Gasteiger partial charge in [-0.1, -0.05) is 6.92 Å². The zero-order valence-corrected chi connectivity index (χ0v) is 10.2. The van der Waals surface area contributed by atoms with E-state index in [2.05, 4.69) is 6.92 Å². The number of hydrogen-bond acceptors (Lipinski definition) is 2. The third-order valence-electron chi connectivity index (χ3n) is 4.09. The van der Waals surface area contributed by atoms with Crippen LogP contribution in [0.5, 0.6) is 0 Å². The molecule has 1 heterocycles. The second-order valence-electron chi connectivity index (χ2n) is 5.32. The highest BCUT2D eigenvalue weighted by Gasteiger charge is 2.37. The van der Waals surface area contributed by atoms with Crippen molar-refractivity contribution in [3.63, 3.8) is 0 Å². The van der Waals surface area contributed by atoms with E-state index in [-0.39, 0.29) is 12.5 Å². The smallest absolute Gasteiger partial charge is 0.225 e. The van der Waals surface area contributed by atoms with Crippen molar-refractivity contribution < 1.29 is 9.90 Å². The molecule has 92 valence electrons. The monoisotopic (exact) mass is 225 g/mol. The van der Waals surface area contributed by atoms with Crippen LogP contribution in [0, 0.1) is 11.8 Å². The lowest BCUT2D eigenvalue weighted by Gasteiger charge is -2.37. The Morgan fingerprint density at radius 3 is 2.75 bits per heavy atom. The normalized spacial score (nSPS) is 27.9. The quantitative estimate of drug-likeness (QED) is 0.792. The molecule has 1 saturated heterocycles. The molecule has 0 radical (unpaired) electrons. The van der Waals surface area contributed by atoms with Gasteiger partial charge in [0.05, 0.1) is 0 Å². The third-order valence-corrected chi connectivity index (χ3v) is 4.09. The number of aliphatic hydroxyl groups is 1. The van der Waals surface area contributed by atoms with Crippen LogP contribution in [0.25, 0.3) is 0 Å². The number of nitrogens with zero attached hydrogens (tertiary/aromatic N) is 1. The molecular weight excluding hydrogens is 202 g/mol. The van der Waals surface area contributed by atoms with Crippen LogP contribution in [0.4, 0.5) is 0 Å². The summed E-state index contributed by atoms with van der Waals surface area (Å²) in [7, 11) is 0. The minimum Gasteiger partial charge on any atom is -0.396 e. The summed E-state index contributed by atoms with van der Waals surface area (Å²) in [4.78, 5) is 14.4. The highest BCUT2D eigenvalue weighted by molar-refractivity contribution is 5.79. The van der Waals surface area contributed by atoms with Gasteiger partial charge in [0.25, 0.3) is 0 Å². The van der Waals surface area contributed by atoms with Gasteiger partial charge in [-0.2, -0.15) is 0 Å². The Morgan fingerprint density at radius 2 is 2.12 bits per heavy atom. The molecule has 2 fully saturated rings. The molecule has 0 aromatic carbocycles. The summed E-state index contributed by atoms with van der Waals surface area (Å²) in [5.41, 5.74) is 0. The molecule has 2 atom stereocenters. The van der Waals surface area contributed by atoms with Crippen LogP contribution in [0.2, 0.25) is 0 Å². The molecule has 0 aromatic rings. The molecule has 1 saturated carbocycles. The Kier molecular flexibility index (Phi) is 3.85. The Labute approximate surface area is 97.8 Å². The Morgan fingerprint density at radius 1 is 1.38 bits per heavy atom. The maximum absolute atomic E-state index is 12.3. The first-order chi connectivity index (χ1) is 7.74. The number of amides is 1. The second-order valence-corrected chi connectivity index (χ2v) is 5.32. The zero-order valence-electron chi connectivity index (χ0n) is 10.2. The lowest BCUT2D eigenvalue weighted by Crippen LogP contribution is -2.46. The molecule has 2 rings (SSSR count). The lowest BCUT2D eigenvalue weighted by molar-refractivity contribution is -0.139. The molecule has 1 amide bonds. The van der Waals surface area contributed by atoms with Gasteiger partial charge in [0.1, 0.15) is 0 Å². The van der Waals surface area contributed by atoms with Crippen molar-refractivity contribution in [2.45, 2.75) is 51.5 Å². The molecule has 0 aromatic heterocycles. The summed E-state index contributed by atoms with van der Waals surface area (Å²) in [6.07, 6.45) is 6.61. The summed E-state index contributed by atoms with van der Waals surface area (Å²) in [5.74, 6) is 1.18. The summed E-state index contributed by atoms with van der Waals surface area (Å²) >= 11 is 0. The van der Waals surface area contributed by atoms with Gasteiger partial charge in [0.2, 0.25) is 5.91 Å². The molecule has 1 N–H and O–H groups in total. The Hall–Kier alpha value is -0.570. The molecule has 2 unspecified atom stereocenters. The van der Waals surface area contributed by atoms with Gasteiger partial charge in [0, 0.05) is 25.1 Å². The van der Waals surface area contributed by atoms with Crippen molar-refractivity contribution in [3.05, 3.63) is 0 Å². The van der Waals surface area contributed by atoms with Crippen LogP contribution in [0.15, 0.2) is 0 Å². The Balaban J connectivity index is 1.95. The lowest BCUT2D eigenvalue weighted by atomic mass is 9.96. The van der Waals surface area contributed by atoms with Gasteiger partial charge >= 0.3 is 0 Å². The first kappa shape index (κ1) is 11.9. The second kappa shape index (κ2) is 5.17. The average molecular weight is 225 g/mol. The highest BCUT2D eigenvalue weighted by Crippen LogP contribution is 2.38. The van der Waals surface area contributed by atoms with E-state index >= 15 is 0 Å². The number of hydrogen-bond donors (Lipinski definition) is 1. The van der Waals surface area contributed by atoms with E-state index in [9.17, 15) is 4.79 Å². The van der Waals surface area contributed by atoms with E-state index in [4.69, 9.17) is 5.11 Å². The van der Waals surface area contributed by atoms with Crippen LogP contribution >= 0.6 is 0 Å². The standard InChI is InChI=1S/C13H23NO2/c1-10(11-5-6-11)13(16)14-8-3-2-4-12(14)7-9-15/h10-12,15H,2-9H2,1H3. The van der Waals surface area contributed by atoms with E-state index < -0.39 is 0 Å². The summed E-state index contributed by atoms with van der Waals surface area (Å²) in [5, 5.41) is 9.04. The predicted molar refractivity (Wildman–Crippen MR) is 62.9 cm³/mol. The predicted octanol–water partition coefficient (Wildman–Crippen LogP) is 1.80. The molecule has 16 heavy (non-hydrogen) atoms. The first-order valence-corrected chi connectivity index (χ1v) is 6.65. The van der Waals surface area contributed by atoms with E-state index in [1.165, 1.54) is 19.3 Å². The number of likely N-dealkylation sites (tertiary alicyclic amines) is 1. The SMILES string of the molecule is CC(C(=O)N1CCCCC1CCO)C1CC1. The van der Waals surface area contributed by atoms with Gasteiger partial charge < -0.3 is 10.0 Å². The molecule has 1 aliphatic heterocycles. The van der Waals surface area contributed by atoms with E-state index in [1.54, 1.807) is 0 Å². The van der Waals surface area contributed by atoms with Crippen LogP contribution in [-0.4, -0.2) is 35.1 Å². The number of carbonyl (C=O) groups excluding carboxylic acids is 1.